The lowest BCUT2D eigenvalue weighted by molar-refractivity contribution is -0.120. The monoisotopic (exact) mass is 363 g/mol. The molecular formula is C22H25N3O2. The average molecular weight is 363 g/mol. The summed E-state index contributed by atoms with van der Waals surface area (Å²) in [6.07, 6.45) is 9.71. The SMILES string of the molecule is O=C(CCCc1cccnc1)Nc1ccc2c(c1)N(C(=O)C1CC1)CCC2. The Kier molecular flexibility index (Phi) is 5.19. The molecule has 1 aliphatic heterocycles. The van der Waals surface area contributed by atoms with Crippen LogP contribution in [0.4, 0.5) is 11.4 Å². The number of pyridine rings is 1. The second kappa shape index (κ2) is 7.91. The molecule has 0 spiro atoms. The van der Waals surface area contributed by atoms with Gasteiger partial charge in [-0.3, -0.25) is 14.6 Å². The number of fused-ring (bicyclic) bond motifs is 1. The summed E-state index contributed by atoms with van der Waals surface area (Å²) in [5.74, 6) is 0.465. The normalized spacial score (nSPS) is 15.9. The van der Waals surface area contributed by atoms with Gasteiger partial charge in [0, 0.05) is 42.7 Å². The first-order chi connectivity index (χ1) is 13.2. The van der Waals surface area contributed by atoms with Gasteiger partial charge in [0.05, 0.1) is 0 Å². The maximum Gasteiger partial charge on any atom is 0.230 e. The third-order valence-corrected chi connectivity index (χ3v) is 5.27. The van der Waals surface area contributed by atoms with Crippen molar-refractivity contribution in [1.29, 1.82) is 0 Å². The van der Waals surface area contributed by atoms with Crippen LogP contribution in [0.5, 0.6) is 0 Å². The molecule has 2 heterocycles. The first-order valence-electron chi connectivity index (χ1n) is 9.84. The molecule has 2 aromatic rings. The smallest absolute Gasteiger partial charge is 0.230 e. The van der Waals surface area contributed by atoms with Crippen molar-refractivity contribution < 1.29 is 9.59 Å². The fourth-order valence-electron chi connectivity index (χ4n) is 3.65. The summed E-state index contributed by atoms with van der Waals surface area (Å²) in [6.45, 7) is 0.783. The van der Waals surface area contributed by atoms with Crippen molar-refractivity contribution in [3.05, 3.63) is 53.9 Å². The van der Waals surface area contributed by atoms with Gasteiger partial charge in [-0.2, -0.15) is 0 Å². The lowest BCUT2D eigenvalue weighted by Crippen LogP contribution is -2.36. The number of rotatable bonds is 6. The Morgan fingerprint density at radius 1 is 1.22 bits per heavy atom. The highest BCUT2D eigenvalue weighted by molar-refractivity contribution is 5.99. The Balaban J connectivity index is 1.37. The molecule has 2 aliphatic rings. The number of carbonyl (C=O) groups is 2. The van der Waals surface area contributed by atoms with Gasteiger partial charge in [0.2, 0.25) is 11.8 Å². The van der Waals surface area contributed by atoms with E-state index in [1.54, 1.807) is 6.20 Å². The summed E-state index contributed by atoms with van der Waals surface area (Å²) in [6, 6.07) is 9.90. The molecule has 4 rings (SSSR count). The number of hydrogen-bond acceptors (Lipinski definition) is 3. The van der Waals surface area contributed by atoms with Gasteiger partial charge in [-0.15, -0.1) is 0 Å². The van der Waals surface area contributed by atoms with Crippen molar-refractivity contribution in [1.82, 2.24) is 4.98 Å². The van der Waals surface area contributed by atoms with E-state index in [-0.39, 0.29) is 17.7 Å². The molecule has 1 fully saturated rings. The fourth-order valence-corrected chi connectivity index (χ4v) is 3.65. The van der Waals surface area contributed by atoms with Crippen molar-refractivity contribution in [2.75, 3.05) is 16.8 Å². The van der Waals surface area contributed by atoms with Crippen molar-refractivity contribution in [2.45, 2.75) is 44.9 Å². The number of aromatic nitrogens is 1. The summed E-state index contributed by atoms with van der Waals surface area (Å²) < 4.78 is 0. The van der Waals surface area contributed by atoms with Crippen LogP contribution < -0.4 is 10.2 Å². The van der Waals surface area contributed by atoms with Gasteiger partial charge in [0.1, 0.15) is 0 Å². The van der Waals surface area contributed by atoms with Crippen molar-refractivity contribution >= 4 is 23.2 Å². The minimum absolute atomic E-state index is 0.00900. The summed E-state index contributed by atoms with van der Waals surface area (Å²) in [7, 11) is 0. The van der Waals surface area contributed by atoms with Crippen LogP contribution in [-0.2, 0) is 22.4 Å². The van der Waals surface area contributed by atoms with Gasteiger partial charge in [-0.1, -0.05) is 12.1 Å². The molecule has 1 N–H and O–H groups in total. The number of carbonyl (C=O) groups excluding carboxylic acids is 2. The predicted octanol–water partition coefficient (Wildman–Crippen LogP) is 3.73. The molecule has 0 radical (unpaired) electrons. The van der Waals surface area contributed by atoms with Gasteiger partial charge >= 0.3 is 0 Å². The molecule has 5 nitrogen and oxygen atoms in total. The van der Waals surface area contributed by atoms with E-state index in [4.69, 9.17) is 0 Å². The molecular weight excluding hydrogens is 338 g/mol. The van der Waals surface area contributed by atoms with Crippen LogP contribution in [0.1, 0.15) is 43.2 Å². The molecule has 0 bridgehead atoms. The lowest BCUT2D eigenvalue weighted by Gasteiger charge is -2.30. The van der Waals surface area contributed by atoms with E-state index in [9.17, 15) is 9.59 Å². The number of nitrogens with one attached hydrogen (secondary N) is 1. The Hall–Kier alpha value is -2.69. The van der Waals surface area contributed by atoms with Gasteiger partial charge in [-0.25, -0.2) is 0 Å². The lowest BCUT2D eigenvalue weighted by atomic mass is 10.0. The van der Waals surface area contributed by atoms with Gasteiger partial charge < -0.3 is 10.2 Å². The second-order valence-electron chi connectivity index (χ2n) is 7.47. The van der Waals surface area contributed by atoms with Crippen LogP contribution in [0, 0.1) is 5.92 Å². The number of hydrogen-bond donors (Lipinski definition) is 1. The zero-order valence-electron chi connectivity index (χ0n) is 15.5. The maximum absolute atomic E-state index is 12.6. The molecule has 1 aromatic heterocycles. The van der Waals surface area contributed by atoms with E-state index in [1.807, 2.05) is 41.4 Å². The van der Waals surface area contributed by atoms with Gasteiger partial charge in [0.25, 0.3) is 0 Å². The molecule has 1 saturated carbocycles. The second-order valence-corrected chi connectivity index (χ2v) is 7.47. The third-order valence-electron chi connectivity index (χ3n) is 5.27. The summed E-state index contributed by atoms with van der Waals surface area (Å²) in [5.41, 5.74) is 4.10. The van der Waals surface area contributed by atoms with E-state index >= 15 is 0 Å². The van der Waals surface area contributed by atoms with Gasteiger partial charge in [-0.05, 0) is 67.9 Å². The fraction of sp³-hybridized carbons (Fsp3) is 0.409. The molecule has 0 saturated heterocycles. The Labute approximate surface area is 159 Å². The molecule has 140 valence electrons. The van der Waals surface area contributed by atoms with E-state index < -0.39 is 0 Å². The average Bonchev–Trinajstić information content (AvgIpc) is 3.53. The van der Waals surface area contributed by atoms with Crippen molar-refractivity contribution in [3.8, 4) is 0 Å². The molecule has 1 aromatic carbocycles. The topological polar surface area (TPSA) is 62.3 Å². The Bertz CT molecular complexity index is 831. The quantitative estimate of drug-likeness (QED) is 0.850. The Morgan fingerprint density at radius 2 is 2.11 bits per heavy atom. The van der Waals surface area contributed by atoms with Crippen molar-refractivity contribution in [2.24, 2.45) is 5.92 Å². The van der Waals surface area contributed by atoms with E-state index in [0.717, 1.165) is 62.0 Å². The zero-order chi connectivity index (χ0) is 18.6. The Morgan fingerprint density at radius 3 is 2.89 bits per heavy atom. The van der Waals surface area contributed by atoms with Crippen LogP contribution in [0.25, 0.3) is 0 Å². The molecule has 27 heavy (non-hydrogen) atoms. The molecule has 2 amide bonds. The maximum atomic E-state index is 12.6. The molecule has 0 unspecified atom stereocenters. The van der Waals surface area contributed by atoms with E-state index in [0.29, 0.717) is 6.42 Å². The standard InChI is InChI=1S/C22H25N3O2/c26-21(7-1-4-16-5-2-12-23-15-16)24-19-11-10-17-6-3-13-25(20(17)14-19)22(27)18-8-9-18/h2,5,10-12,14-15,18H,1,3-4,6-9,13H2,(H,24,26). The minimum atomic E-state index is 0.00900. The highest BCUT2D eigenvalue weighted by Crippen LogP contribution is 2.36. The largest absolute Gasteiger partial charge is 0.326 e. The number of amides is 2. The van der Waals surface area contributed by atoms with Crippen LogP contribution >= 0.6 is 0 Å². The first kappa shape index (κ1) is 17.7. The number of benzene rings is 1. The third kappa shape index (κ3) is 4.35. The van der Waals surface area contributed by atoms with Crippen LogP contribution in [0.3, 0.4) is 0 Å². The highest BCUT2D eigenvalue weighted by Gasteiger charge is 2.35. The number of aryl methyl sites for hydroxylation is 2. The minimum Gasteiger partial charge on any atom is -0.326 e. The van der Waals surface area contributed by atoms with Gasteiger partial charge in [0.15, 0.2) is 0 Å². The first-order valence-corrected chi connectivity index (χ1v) is 9.84. The van der Waals surface area contributed by atoms with Crippen LogP contribution in [0.15, 0.2) is 42.7 Å². The highest BCUT2D eigenvalue weighted by atomic mass is 16.2. The van der Waals surface area contributed by atoms with Crippen LogP contribution in [-0.4, -0.2) is 23.3 Å². The molecule has 0 atom stereocenters. The molecule has 5 heteroatoms. The summed E-state index contributed by atoms with van der Waals surface area (Å²) >= 11 is 0. The zero-order valence-corrected chi connectivity index (χ0v) is 15.5. The molecule has 1 aliphatic carbocycles. The van der Waals surface area contributed by atoms with E-state index in [1.165, 1.54) is 5.56 Å². The van der Waals surface area contributed by atoms with Crippen LogP contribution in [0.2, 0.25) is 0 Å². The number of anilines is 2. The van der Waals surface area contributed by atoms with Crippen molar-refractivity contribution in [3.63, 3.8) is 0 Å². The predicted molar refractivity (Wildman–Crippen MR) is 106 cm³/mol. The summed E-state index contributed by atoms with van der Waals surface area (Å²) in [5, 5.41) is 2.99. The number of nitrogens with zero attached hydrogens (tertiary/aromatic N) is 2. The summed E-state index contributed by atoms with van der Waals surface area (Å²) in [4.78, 5) is 30.9. The van der Waals surface area contributed by atoms with E-state index in [2.05, 4.69) is 10.3 Å².